The van der Waals surface area contributed by atoms with Gasteiger partial charge in [-0.1, -0.05) is 20.8 Å². The Labute approximate surface area is 127 Å². The SMILES string of the molecule is Cc1ccnc(-c2nc(N)c(I)c(C(C)(C)C)n2)c1. The zero-order valence-electron chi connectivity index (χ0n) is 11.5. The van der Waals surface area contributed by atoms with Crippen molar-refractivity contribution in [3.05, 3.63) is 33.2 Å². The molecule has 0 atom stereocenters. The first kappa shape index (κ1) is 14.2. The van der Waals surface area contributed by atoms with E-state index in [1.807, 2.05) is 19.1 Å². The molecule has 0 bridgehead atoms. The van der Waals surface area contributed by atoms with Crippen LogP contribution in [0.2, 0.25) is 0 Å². The van der Waals surface area contributed by atoms with Gasteiger partial charge in [-0.15, -0.1) is 0 Å². The second-order valence-electron chi connectivity index (χ2n) is 5.56. The molecule has 0 saturated heterocycles. The summed E-state index contributed by atoms with van der Waals surface area (Å²) in [5.41, 5.74) is 8.77. The molecule has 0 aromatic carbocycles. The molecule has 5 heteroatoms. The van der Waals surface area contributed by atoms with Crippen LogP contribution in [0, 0.1) is 10.5 Å². The quantitative estimate of drug-likeness (QED) is 0.785. The third kappa shape index (κ3) is 3.02. The van der Waals surface area contributed by atoms with Gasteiger partial charge in [0.2, 0.25) is 0 Å². The van der Waals surface area contributed by atoms with Crippen LogP contribution in [0.1, 0.15) is 32.0 Å². The standard InChI is InChI=1S/C14H17IN4/c1-8-5-6-17-9(7-8)13-18-11(14(2,3)4)10(15)12(16)19-13/h5-7H,1-4H3,(H2,16,18,19). The number of nitrogen functional groups attached to an aromatic ring is 1. The van der Waals surface area contributed by atoms with Crippen molar-refractivity contribution in [3.8, 4) is 11.5 Å². The molecule has 2 aromatic rings. The van der Waals surface area contributed by atoms with Crippen LogP contribution >= 0.6 is 22.6 Å². The lowest BCUT2D eigenvalue weighted by Crippen LogP contribution is -2.18. The highest BCUT2D eigenvalue weighted by molar-refractivity contribution is 14.1. The summed E-state index contributed by atoms with van der Waals surface area (Å²) in [7, 11) is 0. The summed E-state index contributed by atoms with van der Waals surface area (Å²) >= 11 is 2.20. The number of nitrogens with zero attached hydrogens (tertiary/aromatic N) is 3. The number of aromatic nitrogens is 3. The first-order chi connectivity index (χ1) is 8.79. The van der Waals surface area contributed by atoms with Crippen molar-refractivity contribution in [2.75, 3.05) is 5.73 Å². The molecule has 0 unspecified atom stereocenters. The Balaban J connectivity index is 2.63. The third-order valence-corrected chi connectivity index (χ3v) is 3.80. The van der Waals surface area contributed by atoms with Gasteiger partial charge in [-0.2, -0.15) is 0 Å². The van der Waals surface area contributed by atoms with Crippen LogP contribution in [0.4, 0.5) is 5.82 Å². The summed E-state index contributed by atoms with van der Waals surface area (Å²) in [6.45, 7) is 8.37. The lowest BCUT2D eigenvalue weighted by atomic mass is 9.92. The summed E-state index contributed by atoms with van der Waals surface area (Å²) in [5.74, 6) is 1.10. The minimum Gasteiger partial charge on any atom is -0.383 e. The van der Waals surface area contributed by atoms with Gasteiger partial charge in [-0.05, 0) is 47.2 Å². The van der Waals surface area contributed by atoms with Gasteiger partial charge in [0.1, 0.15) is 11.5 Å². The molecular weight excluding hydrogens is 351 g/mol. The second kappa shape index (κ2) is 5.03. The maximum atomic E-state index is 6.01. The van der Waals surface area contributed by atoms with Crippen LogP contribution in [0.15, 0.2) is 18.3 Å². The van der Waals surface area contributed by atoms with E-state index in [0.717, 1.165) is 20.5 Å². The monoisotopic (exact) mass is 368 g/mol. The first-order valence-electron chi connectivity index (χ1n) is 6.05. The molecule has 100 valence electrons. The van der Waals surface area contributed by atoms with E-state index in [2.05, 4.69) is 58.3 Å². The average molecular weight is 368 g/mol. The Hall–Kier alpha value is -1.24. The van der Waals surface area contributed by atoms with Crippen molar-refractivity contribution in [1.29, 1.82) is 0 Å². The van der Waals surface area contributed by atoms with Gasteiger partial charge < -0.3 is 5.73 Å². The van der Waals surface area contributed by atoms with E-state index in [4.69, 9.17) is 5.73 Å². The largest absolute Gasteiger partial charge is 0.383 e. The maximum absolute atomic E-state index is 6.01. The smallest absolute Gasteiger partial charge is 0.180 e. The highest BCUT2D eigenvalue weighted by Crippen LogP contribution is 2.30. The van der Waals surface area contributed by atoms with Gasteiger partial charge in [0, 0.05) is 11.6 Å². The molecule has 4 nitrogen and oxygen atoms in total. The molecule has 0 saturated carbocycles. The predicted molar refractivity (Wildman–Crippen MR) is 85.8 cm³/mol. The molecule has 2 N–H and O–H groups in total. The van der Waals surface area contributed by atoms with Gasteiger partial charge in [-0.25, -0.2) is 9.97 Å². The second-order valence-corrected chi connectivity index (χ2v) is 6.64. The fourth-order valence-electron chi connectivity index (χ4n) is 1.73. The Morgan fingerprint density at radius 3 is 2.47 bits per heavy atom. The van der Waals surface area contributed by atoms with Crippen molar-refractivity contribution in [3.63, 3.8) is 0 Å². The van der Waals surface area contributed by atoms with Crippen molar-refractivity contribution in [1.82, 2.24) is 15.0 Å². The highest BCUT2D eigenvalue weighted by atomic mass is 127. The molecule has 0 spiro atoms. The van der Waals surface area contributed by atoms with Crippen LogP contribution in [0.25, 0.3) is 11.5 Å². The van der Waals surface area contributed by atoms with Gasteiger partial charge in [0.15, 0.2) is 5.82 Å². The summed E-state index contributed by atoms with van der Waals surface area (Å²) in [4.78, 5) is 13.3. The minimum absolute atomic E-state index is 0.0772. The molecule has 0 amide bonds. The van der Waals surface area contributed by atoms with Crippen molar-refractivity contribution >= 4 is 28.4 Å². The van der Waals surface area contributed by atoms with E-state index in [1.54, 1.807) is 6.20 Å². The Kier molecular flexibility index (Phi) is 3.75. The molecule has 0 radical (unpaired) electrons. The summed E-state index contributed by atoms with van der Waals surface area (Å²) in [6, 6.07) is 3.91. The lowest BCUT2D eigenvalue weighted by molar-refractivity contribution is 0.564. The maximum Gasteiger partial charge on any atom is 0.180 e. The van der Waals surface area contributed by atoms with Crippen molar-refractivity contribution in [2.24, 2.45) is 0 Å². The van der Waals surface area contributed by atoms with Crippen molar-refractivity contribution in [2.45, 2.75) is 33.1 Å². The van der Waals surface area contributed by atoms with Crippen LogP contribution in [-0.2, 0) is 5.41 Å². The molecule has 0 fully saturated rings. The van der Waals surface area contributed by atoms with E-state index < -0.39 is 0 Å². The Morgan fingerprint density at radius 1 is 1.21 bits per heavy atom. The summed E-state index contributed by atoms with van der Waals surface area (Å²) < 4.78 is 0.918. The van der Waals surface area contributed by atoms with E-state index in [-0.39, 0.29) is 5.41 Å². The molecular formula is C14H17IN4. The van der Waals surface area contributed by atoms with Crippen LogP contribution in [0.5, 0.6) is 0 Å². The van der Waals surface area contributed by atoms with Crippen LogP contribution in [-0.4, -0.2) is 15.0 Å². The van der Waals surface area contributed by atoms with Gasteiger partial charge in [0.25, 0.3) is 0 Å². The number of hydrogen-bond donors (Lipinski definition) is 1. The average Bonchev–Trinajstić information content (AvgIpc) is 2.31. The van der Waals surface area contributed by atoms with Crippen LogP contribution < -0.4 is 5.73 Å². The Bertz CT molecular complexity index is 617. The van der Waals surface area contributed by atoms with Gasteiger partial charge in [0.05, 0.1) is 9.26 Å². The van der Waals surface area contributed by atoms with E-state index in [0.29, 0.717) is 11.6 Å². The molecule has 0 aliphatic carbocycles. The first-order valence-corrected chi connectivity index (χ1v) is 7.13. The zero-order chi connectivity index (χ0) is 14.2. The van der Waals surface area contributed by atoms with E-state index >= 15 is 0 Å². The lowest BCUT2D eigenvalue weighted by Gasteiger charge is -2.20. The number of hydrogen-bond acceptors (Lipinski definition) is 4. The fourth-order valence-corrected chi connectivity index (χ4v) is 2.78. The molecule has 0 aliphatic rings. The molecule has 0 aliphatic heterocycles. The van der Waals surface area contributed by atoms with Crippen LogP contribution in [0.3, 0.4) is 0 Å². The number of anilines is 1. The van der Waals surface area contributed by atoms with Gasteiger partial charge in [-0.3, -0.25) is 4.98 Å². The Morgan fingerprint density at radius 2 is 1.89 bits per heavy atom. The number of rotatable bonds is 1. The topological polar surface area (TPSA) is 64.7 Å². The van der Waals surface area contributed by atoms with Gasteiger partial charge >= 0.3 is 0 Å². The third-order valence-electron chi connectivity index (χ3n) is 2.73. The number of aryl methyl sites for hydroxylation is 1. The highest BCUT2D eigenvalue weighted by Gasteiger charge is 2.22. The predicted octanol–water partition coefficient (Wildman–Crippen LogP) is 3.33. The van der Waals surface area contributed by atoms with E-state index in [1.165, 1.54) is 0 Å². The summed E-state index contributed by atoms with van der Waals surface area (Å²) in [6.07, 6.45) is 1.76. The van der Waals surface area contributed by atoms with E-state index in [9.17, 15) is 0 Å². The molecule has 2 heterocycles. The molecule has 19 heavy (non-hydrogen) atoms. The summed E-state index contributed by atoms with van der Waals surface area (Å²) in [5, 5.41) is 0. The van der Waals surface area contributed by atoms with Crippen molar-refractivity contribution < 1.29 is 0 Å². The molecule has 2 aromatic heterocycles. The number of halogens is 1. The molecule has 2 rings (SSSR count). The normalized spacial score (nSPS) is 11.6. The zero-order valence-corrected chi connectivity index (χ0v) is 13.7. The number of pyridine rings is 1. The minimum atomic E-state index is -0.0772. The fraction of sp³-hybridized carbons (Fsp3) is 0.357. The number of nitrogens with two attached hydrogens (primary N) is 1.